The molecule has 0 saturated carbocycles. The van der Waals surface area contributed by atoms with Gasteiger partial charge in [0, 0.05) is 12.2 Å². The zero-order chi connectivity index (χ0) is 15.5. The summed E-state index contributed by atoms with van der Waals surface area (Å²) in [5, 5.41) is 2.65. The second kappa shape index (κ2) is 6.43. The molecule has 0 spiro atoms. The van der Waals surface area contributed by atoms with Crippen LogP contribution >= 0.6 is 0 Å². The molecule has 1 fully saturated rings. The Morgan fingerprint density at radius 2 is 2.14 bits per heavy atom. The first-order valence-electron chi connectivity index (χ1n) is 7.51. The molecular weight excluding hydrogens is 266 g/mol. The van der Waals surface area contributed by atoms with Gasteiger partial charge in [0.25, 0.3) is 0 Å². The van der Waals surface area contributed by atoms with Gasteiger partial charge < -0.3 is 4.74 Å². The molecule has 1 amide bonds. The number of anilines is 1. The molecular formula is C16H25N3O2. The summed E-state index contributed by atoms with van der Waals surface area (Å²) in [5.74, 6) is 0.520. The van der Waals surface area contributed by atoms with Crippen molar-refractivity contribution in [3.05, 3.63) is 23.9 Å². The Morgan fingerprint density at radius 3 is 2.71 bits per heavy atom. The average molecular weight is 291 g/mol. The van der Waals surface area contributed by atoms with Crippen LogP contribution in [0, 0.1) is 0 Å². The van der Waals surface area contributed by atoms with Crippen LogP contribution in [0.5, 0.6) is 0 Å². The van der Waals surface area contributed by atoms with Gasteiger partial charge in [-0.25, -0.2) is 9.78 Å². The first kappa shape index (κ1) is 15.8. The number of pyridine rings is 1. The van der Waals surface area contributed by atoms with Crippen molar-refractivity contribution >= 4 is 11.9 Å². The molecule has 0 unspecified atom stereocenters. The summed E-state index contributed by atoms with van der Waals surface area (Å²) < 4.78 is 5.21. The number of likely N-dealkylation sites (tertiary alicyclic amines) is 1. The van der Waals surface area contributed by atoms with Crippen LogP contribution in [0.2, 0.25) is 0 Å². The third-order valence-corrected chi connectivity index (χ3v) is 3.57. The monoisotopic (exact) mass is 291 g/mol. The normalized spacial score (nSPS) is 20.1. The molecule has 0 radical (unpaired) electrons. The number of hydrogen-bond donors (Lipinski definition) is 1. The number of hydrogen-bond acceptors (Lipinski definition) is 4. The predicted molar refractivity (Wildman–Crippen MR) is 83.3 cm³/mol. The van der Waals surface area contributed by atoms with Crippen molar-refractivity contribution in [2.45, 2.75) is 51.7 Å². The molecule has 0 aliphatic carbocycles. The molecule has 1 aromatic heterocycles. The highest BCUT2D eigenvalue weighted by Crippen LogP contribution is 2.29. The van der Waals surface area contributed by atoms with Gasteiger partial charge in [-0.1, -0.05) is 12.5 Å². The SMILES string of the molecule is CN1CCCC[C@H]1c1ccc(NC(=O)OC(C)(C)C)nc1. The molecule has 5 nitrogen and oxygen atoms in total. The number of carbonyl (C=O) groups is 1. The van der Waals surface area contributed by atoms with Crippen LogP contribution in [0.4, 0.5) is 10.6 Å². The minimum Gasteiger partial charge on any atom is -0.444 e. The van der Waals surface area contributed by atoms with Crippen LogP contribution in [0.3, 0.4) is 0 Å². The van der Waals surface area contributed by atoms with Gasteiger partial charge in [-0.2, -0.15) is 0 Å². The molecule has 1 saturated heterocycles. The van der Waals surface area contributed by atoms with Crippen molar-refractivity contribution in [1.82, 2.24) is 9.88 Å². The van der Waals surface area contributed by atoms with Crippen molar-refractivity contribution in [2.75, 3.05) is 18.9 Å². The van der Waals surface area contributed by atoms with Gasteiger partial charge in [0.15, 0.2) is 0 Å². The van der Waals surface area contributed by atoms with Crippen LogP contribution in [0.1, 0.15) is 51.6 Å². The van der Waals surface area contributed by atoms with Gasteiger partial charge in [0.1, 0.15) is 11.4 Å². The molecule has 0 bridgehead atoms. The van der Waals surface area contributed by atoms with Crippen LogP contribution in [0.15, 0.2) is 18.3 Å². The first-order valence-corrected chi connectivity index (χ1v) is 7.51. The lowest BCUT2D eigenvalue weighted by Crippen LogP contribution is -2.29. The Bertz CT molecular complexity index is 479. The minimum atomic E-state index is -0.505. The number of carbonyl (C=O) groups excluding carboxylic acids is 1. The maximum atomic E-state index is 11.7. The van der Waals surface area contributed by atoms with Crippen molar-refractivity contribution in [2.24, 2.45) is 0 Å². The molecule has 1 N–H and O–H groups in total. The largest absolute Gasteiger partial charge is 0.444 e. The summed E-state index contributed by atoms with van der Waals surface area (Å²) in [4.78, 5) is 18.4. The second-order valence-electron chi connectivity index (χ2n) is 6.60. The molecule has 116 valence electrons. The molecule has 21 heavy (non-hydrogen) atoms. The van der Waals surface area contributed by atoms with E-state index in [2.05, 4.69) is 22.2 Å². The van der Waals surface area contributed by atoms with Crippen molar-refractivity contribution in [3.63, 3.8) is 0 Å². The van der Waals surface area contributed by atoms with Crippen LogP contribution in [-0.4, -0.2) is 35.2 Å². The highest BCUT2D eigenvalue weighted by Gasteiger charge is 2.21. The van der Waals surface area contributed by atoms with E-state index in [4.69, 9.17) is 4.74 Å². The maximum Gasteiger partial charge on any atom is 0.413 e. The Labute approximate surface area is 126 Å². The molecule has 1 aromatic rings. The van der Waals surface area contributed by atoms with E-state index < -0.39 is 11.7 Å². The summed E-state index contributed by atoms with van der Waals surface area (Å²) >= 11 is 0. The quantitative estimate of drug-likeness (QED) is 0.904. The molecule has 2 rings (SSSR count). The summed E-state index contributed by atoms with van der Waals surface area (Å²) in [6.45, 7) is 6.63. The van der Waals surface area contributed by atoms with Crippen molar-refractivity contribution in [1.29, 1.82) is 0 Å². The standard InChI is InChI=1S/C16H25N3O2/c1-16(2,3)21-15(20)18-14-9-8-12(11-17-14)13-7-5-6-10-19(13)4/h8-9,11,13H,5-7,10H2,1-4H3,(H,17,18,20)/t13-/m0/s1. The van der Waals surface area contributed by atoms with Crippen molar-refractivity contribution < 1.29 is 9.53 Å². The molecule has 2 heterocycles. The van der Waals surface area contributed by atoms with Gasteiger partial charge in [-0.05, 0) is 58.8 Å². The smallest absolute Gasteiger partial charge is 0.413 e. The number of piperidine rings is 1. The van der Waals surface area contributed by atoms with E-state index >= 15 is 0 Å². The van der Waals surface area contributed by atoms with Crippen molar-refractivity contribution in [3.8, 4) is 0 Å². The van der Waals surface area contributed by atoms with Gasteiger partial charge in [0.05, 0.1) is 0 Å². The molecule has 1 aliphatic heterocycles. The van der Waals surface area contributed by atoms with E-state index in [-0.39, 0.29) is 0 Å². The molecule has 0 aromatic carbocycles. The fraction of sp³-hybridized carbons (Fsp3) is 0.625. The van der Waals surface area contributed by atoms with Crippen LogP contribution in [0.25, 0.3) is 0 Å². The highest BCUT2D eigenvalue weighted by atomic mass is 16.6. The lowest BCUT2D eigenvalue weighted by molar-refractivity contribution is 0.0635. The number of amides is 1. The van der Waals surface area contributed by atoms with E-state index in [0.717, 1.165) is 13.0 Å². The fourth-order valence-corrected chi connectivity index (χ4v) is 2.58. The summed E-state index contributed by atoms with van der Waals surface area (Å²) in [6, 6.07) is 4.30. The first-order chi connectivity index (χ1) is 9.85. The fourth-order valence-electron chi connectivity index (χ4n) is 2.58. The van der Waals surface area contributed by atoms with Crippen LogP contribution in [-0.2, 0) is 4.74 Å². The Balaban J connectivity index is 1.97. The summed E-state index contributed by atoms with van der Waals surface area (Å²) in [5.41, 5.74) is 0.696. The topological polar surface area (TPSA) is 54.5 Å². The van der Waals surface area contributed by atoms with E-state index in [1.807, 2.05) is 39.1 Å². The van der Waals surface area contributed by atoms with Gasteiger partial charge in [-0.3, -0.25) is 10.2 Å². The summed E-state index contributed by atoms with van der Waals surface area (Å²) in [6.07, 6.45) is 5.06. The number of nitrogens with one attached hydrogen (secondary N) is 1. The zero-order valence-corrected chi connectivity index (χ0v) is 13.3. The Kier molecular flexibility index (Phi) is 4.83. The van der Waals surface area contributed by atoms with E-state index in [9.17, 15) is 4.79 Å². The summed E-state index contributed by atoms with van der Waals surface area (Å²) in [7, 11) is 2.15. The van der Waals surface area contributed by atoms with Gasteiger partial charge in [-0.15, -0.1) is 0 Å². The highest BCUT2D eigenvalue weighted by molar-refractivity contribution is 5.83. The maximum absolute atomic E-state index is 11.7. The number of ether oxygens (including phenoxy) is 1. The van der Waals surface area contributed by atoms with Gasteiger partial charge >= 0.3 is 6.09 Å². The molecule has 5 heteroatoms. The van der Waals surface area contributed by atoms with Gasteiger partial charge in [0.2, 0.25) is 0 Å². The molecule has 1 atom stereocenters. The second-order valence-corrected chi connectivity index (χ2v) is 6.60. The van der Waals surface area contributed by atoms with Crippen LogP contribution < -0.4 is 5.32 Å². The predicted octanol–water partition coefficient (Wildman–Crippen LogP) is 3.59. The number of aromatic nitrogens is 1. The lowest BCUT2D eigenvalue weighted by Gasteiger charge is -2.32. The Hall–Kier alpha value is -1.62. The number of nitrogens with zero attached hydrogens (tertiary/aromatic N) is 2. The number of rotatable bonds is 2. The van der Waals surface area contributed by atoms with E-state index in [1.54, 1.807) is 0 Å². The Morgan fingerprint density at radius 1 is 1.38 bits per heavy atom. The van der Waals surface area contributed by atoms with E-state index in [1.165, 1.54) is 18.4 Å². The third-order valence-electron chi connectivity index (χ3n) is 3.57. The third kappa shape index (κ3) is 4.70. The average Bonchev–Trinajstić information content (AvgIpc) is 2.38. The zero-order valence-electron chi connectivity index (χ0n) is 13.3. The lowest BCUT2D eigenvalue weighted by atomic mass is 9.97. The molecule has 1 aliphatic rings. The van der Waals surface area contributed by atoms with E-state index in [0.29, 0.717) is 11.9 Å². The minimum absolute atomic E-state index is 0.432.